The fourth-order valence-corrected chi connectivity index (χ4v) is 4.93. The molecule has 1 atom stereocenters. The van der Waals surface area contributed by atoms with Crippen molar-refractivity contribution >= 4 is 21.8 Å². The van der Waals surface area contributed by atoms with E-state index in [1.165, 1.54) is 17.0 Å². The predicted molar refractivity (Wildman–Crippen MR) is 152 cm³/mol. The van der Waals surface area contributed by atoms with Gasteiger partial charge in [0.15, 0.2) is 0 Å². The van der Waals surface area contributed by atoms with Crippen LogP contribution in [0, 0.1) is 5.82 Å². The van der Waals surface area contributed by atoms with Crippen molar-refractivity contribution in [3.8, 4) is 0 Å². The third-order valence-electron chi connectivity index (χ3n) is 6.34. The number of amides is 2. The SMILES string of the molecule is COCCCNC(=O)[C@H](Cc1ccccc1)N(Cc1ccc(F)cc1)C(=O)CN(Cc1ccccc1)S(C)(=O)=O. The number of nitrogens with zero attached hydrogens (tertiary/aromatic N) is 2. The third kappa shape index (κ3) is 9.86. The van der Waals surface area contributed by atoms with Crippen molar-refractivity contribution in [1.82, 2.24) is 14.5 Å². The predicted octanol–water partition coefficient (Wildman–Crippen LogP) is 3.38. The first-order chi connectivity index (χ1) is 19.2. The van der Waals surface area contributed by atoms with Crippen molar-refractivity contribution in [2.75, 3.05) is 33.1 Å². The lowest BCUT2D eigenvalue weighted by Crippen LogP contribution is -2.53. The van der Waals surface area contributed by atoms with Crippen molar-refractivity contribution in [2.24, 2.45) is 0 Å². The molecule has 0 aliphatic carbocycles. The number of methoxy groups -OCH3 is 1. The number of rotatable bonds is 15. The molecule has 214 valence electrons. The van der Waals surface area contributed by atoms with Crippen molar-refractivity contribution in [2.45, 2.75) is 32.0 Å². The van der Waals surface area contributed by atoms with Gasteiger partial charge in [0.2, 0.25) is 21.8 Å². The zero-order chi connectivity index (χ0) is 29.0. The fraction of sp³-hybridized carbons (Fsp3) is 0.333. The Kier molecular flexibility index (Phi) is 11.8. The van der Waals surface area contributed by atoms with Crippen LogP contribution < -0.4 is 5.32 Å². The van der Waals surface area contributed by atoms with Gasteiger partial charge in [-0.05, 0) is 35.2 Å². The van der Waals surface area contributed by atoms with Gasteiger partial charge in [0.25, 0.3) is 0 Å². The number of sulfonamides is 1. The van der Waals surface area contributed by atoms with E-state index in [0.29, 0.717) is 25.1 Å². The van der Waals surface area contributed by atoms with Crippen LogP contribution in [0.25, 0.3) is 0 Å². The van der Waals surface area contributed by atoms with Gasteiger partial charge >= 0.3 is 0 Å². The lowest BCUT2D eigenvalue weighted by molar-refractivity contribution is -0.141. The number of halogens is 1. The molecular weight excluding hydrogens is 533 g/mol. The molecule has 3 aromatic carbocycles. The summed E-state index contributed by atoms with van der Waals surface area (Å²) in [6.07, 6.45) is 1.85. The Labute approximate surface area is 235 Å². The van der Waals surface area contributed by atoms with Crippen molar-refractivity contribution in [1.29, 1.82) is 0 Å². The molecule has 40 heavy (non-hydrogen) atoms. The number of benzene rings is 3. The van der Waals surface area contributed by atoms with Gasteiger partial charge < -0.3 is 15.0 Å². The van der Waals surface area contributed by atoms with Gasteiger partial charge in [-0.15, -0.1) is 0 Å². The minimum Gasteiger partial charge on any atom is -0.385 e. The molecule has 0 saturated heterocycles. The summed E-state index contributed by atoms with van der Waals surface area (Å²) in [7, 11) is -2.20. The first kappa shape index (κ1) is 30.9. The maximum absolute atomic E-state index is 13.9. The monoisotopic (exact) mass is 569 g/mol. The van der Waals surface area contributed by atoms with Crippen LogP contribution in [0.15, 0.2) is 84.9 Å². The van der Waals surface area contributed by atoms with Gasteiger partial charge in [-0.1, -0.05) is 72.8 Å². The highest BCUT2D eigenvalue weighted by Crippen LogP contribution is 2.17. The van der Waals surface area contributed by atoms with E-state index in [0.717, 1.165) is 21.7 Å². The van der Waals surface area contributed by atoms with E-state index in [1.807, 2.05) is 36.4 Å². The Morgan fingerprint density at radius 3 is 2.02 bits per heavy atom. The van der Waals surface area contributed by atoms with Crippen LogP contribution in [0.1, 0.15) is 23.1 Å². The van der Waals surface area contributed by atoms with Crippen LogP contribution in [-0.2, 0) is 43.9 Å². The molecule has 0 aromatic heterocycles. The number of carbonyl (C=O) groups is 2. The summed E-state index contributed by atoms with van der Waals surface area (Å²) in [5.41, 5.74) is 2.16. The van der Waals surface area contributed by atoms with Crippen LogP contribution in [0.3, 0.4) is 0 Å². The number of carbonyl (C=O) groups excluding carboxylic acids is 2. The lowest BCUT2D eigenvalue weighted by atomic mass is 10.0. The molecule has 8 nitrogen and oxygen atoms in total. The first-order valence-corrected chi connectivity index (χ1v) is 14.9. The smallest absolute Gasteiger partial charge is 0.243 e. The standard InChI is InChI=1S/C30H36FN3O5S/c1-39-19-9-18-32-30(36)28(20-24-10-5-3-6-11-24)34(22-26-14-16-27(31)17-15-26)29(35)23-33(40(2,37)38)21-25-12-7-4-8-13-25/h3-8,10-17,28H,9,18-23H2,1-2H3,(H,32,36)/t28-/m0/s1. The lowest BCUT2D eigenvalue weighted by Gasteiger charge is -2.33. The second kappa shape index (κ2) is 15.3. The Hall–Kier alpha value is -3.60. The summed E-state index contributed by atoms with van der Waals surface area (Å²) in [6.45, 7) is 0.343. The molecule has 0 aliphatic heterocycles. The Balaban J connectivity index is 1.95. The van der Waals surface area contributed by atoms with E-state index in [-0.39, 0.29) is 25.4 Å². The van der Waals surface area contributed by atoms with Crippen LogP contribution in [0.4, 0.5) is 4.39 Å². The van der Waals surface area contributed by atoms with Gasteiger partial charge in [0.05, 0.1) is 12.8 Å². The number of hydrogen-bond acceptors (Lipinski definition) is 5. The average Bonchev–Trinajstić information content (AvgIpc) is 2.94. The first-order valence-electron chi connectivity index (χ1n) is 13.0. The maximum atomic E-state index is 13.9. The van der Waals surface area contributed by atoms with E-state index >= 15 is 0 Å². The van der Waals surface area contributed by atoms with E-state index in [1.54, 1.807) is 43.5 Å². The van der Waals surface area contributed by atoms with Crippen LogP contribution >= 0.6 is 0 Å². The Morgan fingerprint density at radius 1 is 0.875 bits per heavy atom. The number of nitrogens with one attached hydrogen (secondary N) is 1. The van der Waals surface area contributed by atoms with Crippen LogP contribution in [-0.4, -0.2) is 68.5 Å². The molecule has 0 fully saturated rings. The highest BCUT2D eigenvalue weighted by molar-refractivity contribution is 7.88. The number of ether oxygens (including phenoxy) is 1. The highest BCUT2D eigenvalue weighted by atomic mass is 32.2. The molecule has 3 aromatic rings. The second-order valence-electron chi connectivity index (χ2n) is 9.51. The molecular formula is C30H36FN3O5S. The van der Waals surface area contributed by atoms with E-state index in [4.69, 9.17) is 4.74 Å². The summed E-state index contributed by atoms with van der Waals surface area (Å²) in [4.78, 5) is 28.8. The summed E-state index contributed by atoms with van der Waals surface area (Å²) < 4.78 is 45.2. The molecule has 3 rings (SSSR count). The topological polar surface area (TPSA) is 96.0 Å². The Bertz CT molecular complexity index is 1320. The summed E-state index contributed by atoms with van der Waals surface area (Å²) in [5, 5.41) is 2.89. The summed E-state index contributed by atoms with van der Waals surface area (Å²) in [6, 6.07) is 23.0. The van der Waals surface area contributed by atoms with Crippen LogP contribution in [0.2, 0.25) is 0 Å². The average molecular weight is 570 g/mol. The molecule has 0 aliphatic rings. The molecule has 0 spiro atoms. The fourth-order valence-electron chi connectivity index (χ4n) is 4.21. The third-order valence-corrected chi connectivity index (χ3v) is 7.54. The normalized spacial score (nSPS) is 12.2. The minimum absolute atomic E-state index is 0.00235. The molecule has 0 unspecified atom stereocenters. The van der Waals surface area contributed by atoms with E-state index in [9.17, 15) is 22.4 Å². The zero-order valence-corrected chi connectivity index (χ0v) is 23.6. The zero-order valence-electron chi connectivity index (χ0n) is 22.8. The Morgan fingerprint density at radius 2 is 1.45 bits per heavy atom. The quantitative estimate of drug-likeness (QED) is 0.283. The van der Waals surface area contributed by atoms with E-state index in [2.05, 4.69) is 5.32 Å². The highest BCUT2D eigenvalue weighted by Gasteiger charge is 2.32. The molecule has 0 saturated carbocycles. The molecule has 0 bridgehead atoms. The van der Waals surface area contributed by atoms with Gasteiger partial charge in [0.1, 0.15) is 11.9 Å². The van der Waals surface area contributed by atoms with Gasteiger partial charge in [0, 0.05) is 39.8 Å². The minimum atomic E-state index is -3.77. The van der Waals surface area contributed by atoms with Gasteiger partial charge in [-0.2, -0.15) is 4.31 Å². The van der Waals surface area contributed by atoms with Gasteiger partial charge in [-0.25, -0.2) is 12.8 Å². The molecule has 0 heterocycles. The molecule has 2 amide bonds. The second-order valence-corrected chi connectivity index (χ2v) is 11.5. The number of hydrogen-bond donors (Lipinski definition) is 1. The summed E-state index contributed by atoms with van der Waals surface area (Å²) >= 11 is 0. The van der Waals surface area contributed by atoms with Crippen molar-refractivity contribution < 1.29 is 27.1 Å². The molecule has 1 N–H and O–H groups in total. The van der Waals surface area contributed by atoms with Crippen molar-refractivity contribution in [3.05, 3.63) is 107 Å². The van der Waals surface area contributed by atoms with Crippen molar-refractivity contribution in [3.63, 3.8) is 0 Å². The largest absolute Gasteiger partial charge is 0.385 e. The van der Waals surface area contributed by atoms with Crippen LogP contribution in [0.5, 0.6) is 0 Å². The van der Waals surface area contributed by atoms with E-state index < -0.39 is 34.3 Å². The summed E-state index contributed by atoms with van der Waals surface area (Å²) in [5.74, 6) is -1.34. The molecule has 0 radical (unpaired) electrons. The van der Waals surface area contributed by atoms with Gasteiger partial charge in [-0.3, -0.25) is 9.59 Å². The maximum Gasteiger partial charge on any atom is 0.243 e. The molecule has 10 heteroatoms.